The first-order chi connectivity index (χ1) is 14.9. The Morgan fingerprint density at radius 2 is 1.42 bits per heavy atom. The molecule has 0 fully saturated rings. The fourth-order valence-electron chi connectivity index (χ4n) is 2.47. The number of carbonyl (C=O) groups excluding carboxylic acids is 2. The lowest BCUT2D eigenvalue weighted by Crippen LogP contribution is -2.49. The van der Waals surface area contributed by atoms with Gasteiger partial charge in [0.05, 0.1) is 28.4 Å². The van der Waals surface area contributed by atoms with Crippen molar-refractivity contribution >= 4 is 29.1 Å². The summed E-state index contributed by atoms with van der Waals surface area (Å²) in [6, 6.07) is 9.85. The summed E-state index contributed by atoms with van der Waals surface area (Å²) in [6.07, 6.45) is 0. The van der Waals surface area contributed by atoms with Crippen LogP contribution in [-0.4, -0.2) is 52.0 Å². The van der Waals surface area contributed by atoms with Crippen molar-refractivity contribution in [2.75, 3.05) is 35.0 Å². The minimum absolute atomic E-state index is 0.116. The van der Waals surface area contributed by atoms with Gasteiger partial charge in [-0.15, -0.1) is 0 Å². The van der Waals surface area contributed by atoms with E-state index in [0.717, 1.165) is 0 Å². The molecular formula is C20H23N3O7S. The molecule has 166 valence electrons. The van der Waals surface area contributed by atoms with Gasteiger partial charge < -0.3 is 23.7 Å². The molecule has 0 radical (unpaired) electrons. The minimum atomic E-state index is -0.541. The zero-order valence-electron chi connectivity index (χ0n) is 17.4. The van der Waals surface area contributed by atoms with Gasteiger partial charge in [0.2, 0.25) is 5.75 Å². The molecule has 10 nitrogen and oxygen atoms in total. The van der Waals surface area contributed by atoms with Crippen molar-refractivity contribution in [1.29, 1.82) is 0 Å². The van der Waals surface area contributed by atoms with Crippen LogP contribution in [-0.2, 0) is 4.79 Å². The van der Waals surface area contributed by atoms with Crippen molar-refractivity contribution in [2.24, 2.45) is 0 Å². The number of hydrazine groups is 1. The molecule has 0 aliphatic carbocycles. The third-order valence-electron chi connectivity index (χ3n) is 3.90. The average molecular weight is 449 g/mol. The van der Waals surface area contributed by atoms with Gasteiger partial charge in [0.15, 0.2) is 34.7 Å². The van der Waals surface area contributed by atoms with Crippen molar-refractivity contribution in [3.05, 3.63) is 42.0 Å². The Hall–Kier alpha value is -3.73. The minimum Gasteiger partial charge on any atom is -0.493 e. The molecule has 0 heterocycles. The van der Waals surface area contributed by atoms with E-state index in [-0.39, 0.29) is 17.3 Å². The Labute approximate surface area is 184 Å². The number of rotatable bonds is 8. The molecule has 2 aromatic rings. The fourth-order valence-corrected chi connectivity index (χ4v) is 2.64. The molecular weight excluding hydrogens is 426 g/mol. The number of hydrogen-bond acceptors (Lipinski definition) is 8. The molecule has 0 spiro atoms. The summed E-state index contributed by atoms with van der Waals surface area (Å²) < 4.78 is 26.2. The molecule has 3 N–H and O–H groups in total. The predicted molar refractivity (Wildman–Crippen MR) is 116 cm³/mol. The first-order valence-corrected chi connectivity index (χ1v) is 9.30. The lowest BCUT2D eigenvalue weighted by Gasteiger charge is -2.15. The smallest absolute Gasteiger partial charge is 0.269 e. The monoisotopic (exact) mass is 449 g/mol. The van der Waals surface area contributed by atoms with Gasteiger partial charge in [0.25, 0.3) is 11.8 Å². The predicted octanol–water partition coefficient (Wildman–Crippen LogP) is 1.44. The Balaban J connectivity index is 1.89. The van der Waals surface area contributed by atoms with Crippen molar-refractivity contribution in [3.8, 4) is 28.7 Å². The van der Waals surface area contributed by atoms with Crippen LogP contribution in [0.2, 0.25) is 0 Å². The van der Waals surface area contributed by atoms with Crippen LogP contribution in [0, 0.1) is 0 Å². The second kappa shape index (κ2) is 11.5. The van der Waals surface area contributed by atoms with Gasteiger partial charge in [-0.2, -0.15) is 0 Å². The molecule has 2 amide bonds. The van der Waals surface area contributed by atoms with E-state index >= 15 is 0 Å². The van der Waals surface area contributed by atoms with Gasteiger partial charge in [-0.1, -0.05) is 12.1 Å². The molecule has 2 rings (SSSR count). The van der Waals surface area contributed by atoms with Crippen LogP contribution in [0.15, 0.2) is 36.4 Å². The van der Waals surface area contributed by atoms with Crippen molar-refractivity contribution in [2.45, 2.75) is 0 Å². The summed E-state index contributed by atoms with van der Waals surface area (Å²) in [7, 11) is 5.84. The SMILES string of the molecule is COc1ccccc1OCC(=O)NC(=S)NNC(=O)c1cc(OC)c(OC)c(OC)c1. The summed E-state index contributed by atoms with van der Waals surface area (Å²) in [4.78, 5) is 24.4. The number of benzene rings is 2. The van der Waals surface area contributed by atoms with Gasteiger partial charge in [0.1, 0.15) is 0 Å². The molecule has 11 heteroatoms. The van der Waals surface area contributed by atoms with Crippen molar-refractivity contribution in [1.82, 2.24) is 16.2 Å². The number of para-hydroxylation sites is 2. The van der Waals surface area contributed by atoms with Crippen LogP contribution in [0.1, 0.15) is 10.4 Å². The van der Waals surface area contributed by atoms with Gasteiger partial charge in [-0.25, -0.2) is 0 Å². The van der Waals surface area contributed by atoms with Crippen molar-refractivity contribution < 1.29 is 33.3 Å². The first kappa shape index (κ1) is 23.5. The lowest BCUT2D eigenvalue weighted by atomic mass is 10.1. The Morgan fingerprint density at radius 3 is 1.97 bits per heavy atom. The topological polar surface area (TPSA) is 116 Å². The van der Waals surface area contributed by atoms with Gasteiger partial charge in [0, 0.05) is 5.56 Å². The van der Waals surface area contributed by atoms with Gasteiger partial charge in [-0.3, -0.25) is 25.8 Å². The molecule has 0 atom stereocenters. The number of amides is 2. The highest BCUT2D eigenvalue weighted by atomic mass is 32.1. The van der Waals surface area contributed by atoms with Gasteiger partial charge >= 0.3 is 0 Å². The summed E-state index contributed by atoms with van der Waals surface area (Å²) in [5, 5.41) is 2.27. The molecule has 0 saturated carbocycles. The molecule has 0 aliphatic rings. The number of methoxy groups -OCH3 is 4. The number of thiocarbonyl (C=S) groups is 1. The quantitative estimate of drug-likeness (QED) is 0.407. The summed E-state index contributed by atoms with van der Waals surface area (Å²) in [6.45, 7) is -0.303. The molecule has 0 saturated heterocycles. The van der Waals surface area contributed by atoms with E-state index in [1.165, 1.54) is 40.6 Å². The Bertz CT molecular complexity index is 927. The first-order valence-electron chi connectivity index (χ1n) is 8.89. The van der Waals surface area contributed by atoms with Crippen molar-refractivity contribution in [3.63, 3.8) is 0 Å². The summed E-state index contributed by atoms with van der Waals surface area (Å²) in [5.74, 6) is 0.829. The van der Waals surface area contributed by atoms with Crippen LogP contribution < -0.4 is 39.9 Å². The highest BCUT2D eigenvalue weighted by molar-refractivity contribution is 7.80. The zero-order chi connectivity index (χ0) is 22.8. The van der Waals surface area contributed by atoms with E-state index in [2.05, 4.69) is 16.2 Å². The summed E-state index contributed by atoms with van der Waals surface area (Å²) in [5.41, 5.74) is 5.04. The number of ether oxygens (including phenoxy) is 5. The molecule has 31 heavy (non-hydrogen) atoms. The van der Waals surface area contributed by atoms with E-state index in [1.54, 1.807) is 24.3 Å². The maximum Gasteiger partial charge on any atom is 0.269 e. The standard InChI is InChI=1S/C20H23N3O7S/c1-26-13-7-5-6-8-14(13)30-11-17(24)21-20(31)23-22-19(25)12-9-15(27-2)18(29-4)16(10-12)28-3/h5-10H,11H2,1-4H3,(H,22,25)(H2,21,23,24,31). The molecule has 0 aliphatic heterocycles. The molecule has 0 aromatic heterocycles. The normalized spacial score (nSPS) is 9.81. The second-order valence-corrected chi connectivity index (χ2v) is 6.22. The van der Waals surface area contributed by atoms with Crippen LogP contribution in [0.4, 0.5) is 0 Å². The van der Waals surface area contributed by atoms with Gasteiger partial charge in [-0.05, 0) is 36.5 Å². The average Bonchev–Trinajstić information content (AvgIpc) is 2.80. The molecule has 2 aromatic carbocycles. The number of carbonyl (C=O) groups is 2. The number of hydrogen-bond donors (Lipinski definition) is 3. The summed E-state index contributed by atoms with van der Waals surface area (Å²) >= 11 is 5.01. The molecule has 0 bridgehead atoms. The van der Waals surface area contributed by atoms with E-state index in [1.807, 2.05) is 0 Å². The third kappa shape index (κ3) is 6.37. The van der Waals surface area contributed by atoms with E-state index in [0.29, 0.717) is 28.7 Å². The Kier molecular flexibility index (Phi) is 8.70. The highest BCUT2D eigenvalue weighted by Gasteiger charge is 2.17. The van der Waals surface area contributed by atoms with E-state index in [4.69, 9.17) is 35.9 Å². The largest absolute Gasteiger partial charge is 0.493 e. The van der Waals surface area contributed by atoms with Crippen LogP contribution in [0.5, 0.6) is 28.7 Å². The second-order valence-electron chi connectivity index (χ2n) is 5.81. The van der Waals surface area contributed by atoms with E-state index < -0.39 is 11.8 Å². The number of nitrogens with one attached hydrogen (secondary N) is 3. The zero-order valence-corrected chi connectivity index (χ0v) is 18.3. The maximum atomic E-state index is 12.4. The van der Waals surface area contributed by atoms with E-state index in [9.17, 15) is 9.59 Å². The third-order valence-corrected chi connectivity index (χ3v) is 4.10. The maximum absolute atomic E-state index is 12.4. The molecule has 0 unspecified atom stereocenters. The lowest BCUT2D eigenvalue weighted by molar-refractivity contribution is -0.121. The Morgan fingerprint density at radius 1 is 0.839 bits per heavy atom. The van der Waals surface area contributed by atoms with Crippen LogP contribution in [0.3, 0.4) is 0 Å². The van der Waals surface area contributed by atoms with Crippen LogP contribution in [0.25, 0.3) is 0 Å². The van der Waals surface area contributed by atoms with Crippen LogP contribution >= 0.6 is 12.2 Å². The highest BCUT2D eigenvalue weighted by Crippen LogP contribution is 2.38. The fraction of sp³-hybridized carbons (Fsp3) is 0.250.